The number of hydrogen-bond donors (Lipinski definition) is 2. The molecule has 0 aliphatic heterocycles. The molecule has 1 aromatic carbocycles. The Morgan fingerprint density at radius 3 is 2.75 bits per heavy atom. The molecule has 0 spiro atoms. The summed E-state index contributed by atoms with van der Waals surface area (Å²) in [6.07, 6.45) is 2.32. The summed E-state index contributed by atoms with van der Waals surface area (Å²) in [6.45, 7) is 0. The number of H-pyrrole nitrogens is 1. The van der Waals surface area contributed by atoms with Crippen LogP contribution in [0.25, 0.3) is 0 Å². The molecule has 4 heteroatoms. The summed E-state index contributed by atoms with van der Waals surface area (Å²) in [7, 11) is 0. The lowest BCUT2D eigenvalue weighted by molar-refractivity contribution is 0.0691. The first-order valence-electron chi connectivity index (χ1n) is 4.81. The summed E-state index contributed by atoms with van der Waals surface area (Å²) in [4.78, 5) is 13.4. The van der Waals surface area contributed by atoms with Crippen molar-refractivity contribution in [1.82, 2.24) is 4.98 Å². The number of benzene rings is 1. The van der Waals surface area contributed by atoms with Crippen LogP contribution in [0.3, 0.4) is 0 Å². The fourth-order valence-electron chi connectivity index (χ4n) is 1.53. The molecular weight excluding hydrogens is 226 g/mol. The van der Waals surface area contributed by atoms with E-state index in [4.69, 9.17) is 16.7 Å². The van der Waals surface area contributed by atoms with Crippen LogP contribution < -0.4 is 0 Å². The topological polar surface area (TPSA) is 53.1 Å². The Bertz CT molecular complexity index is 519. The van der Waals surface area contributed by atoms with Crippen molar-refractivity contribution in [2.45, 2.75) is 6.42 Å². The molecule has 0 atom stereocenters. The van der Waals surface area contributed by atoms with Gasteiger partial charge >= 0.3 is 5.97 Å². The van der Waals surface area contributed by atoms with Crippen molar-refractivity contribution < 1.29 is 9.90 Å². The molecule has 2 N–H and O–H groups in total. The van der Waals surface area contributed by atoms with Gasteiger partial charge in [-0.15, -0.1) is 0 Å². The highest BCUT2D eigenvalue weighted by molar-refractivity contribution is 6.31. The highest BCUT2D eigenvalue weighted by atomic mass is 35.5. The third-order valence-electron chi connectivity index (χ3n) is 2.33. The van der Waals surface area contributed by atoms with Crippen LogP contribution in [0.1, 0.15) is 21.6 Å². The van der Waals surface area contributed by atoms with Gasteiger partial charge in [0, 0.05) is 17.6 Å². The van der Waals surface area contributed by atoms with E-state index in [1.165, 1.54) is 0 Å². The Morgan fingerprint density at radius 2 is 2.12 bits per heavy atom. The zero-order valence-electron chi connectivity index (χ0n) is 8.40. The number of aromatic carboxylic acids is 1. The minimum Gasteiger partial charge on any atom is -0.477 e. The standard InChI is InChI=1S/C12H10ClNO2/c13-10-4-2-1-3-9(10)5-8-6-11(12(15)16)14-7-8/h1-4,6-7,14H,5H2,(H,15,16). The lowest BCUT2D eigenvalue weighted by Gasteiger charge is -2.00. The van der Waals surface area contributed by atoms with Crippen LogP contribution >= 0.6 is 11.6 Å². The maximum absolute atomic E-state index is 10.7. The minimum atomic E-state index is -0.953. The van der Waals surface area contributed by atoms with Gasteiger partial charge in [-0.05, 0) is 23.3 Å². The van der Waals surface area contributed by atoms with Crippen LogP contribution in [0.2, 0.25) is 5.02 Å². The van der Waals surface area contributed by atoms with Gasteiger partial charge in [-0.1, -0.05) is 29.8 Å². The van der Waals surface area contributed by atoms with Gasteiger partial charge in [-0.2, -0.15) is 0 Å². The van der Waals surface area contributed by atoms with E-state index in [2.05, 4.69) is 4.98 Å². The predicted octanol–water partition coefficient (Wildman–Crippen LogP) is 2.96. The summed E-state index contributed by atoms with van der Waals surface area (Å²) in [6, 6.07) is 9.14. The monoisotopic (exact) mass is 235 g/mol. The predicted molar refractivity (Wildman–Crippen MR) is 62.0 cm³/mol. The maximum atomic E-state index is 10.7. The number of hydrogen-bond acceptors (Lipinski definition) is 1. The van der Waals surface area contributed by atoms with Crippen molar-refractivity contribution >= 4 is 17.6 Å². The molecule has 0 amide bonds. The molecule has 0 radical (unpaired) electrons. The first-order valence-corrected chi connectivity index (χ1v) is 5.18. The van der Waals surface area contributed by atoms with Gasteiger partial charge in [0.25, 0.3) is 0 Å². The molecule has 82 valence electrons. The van der Waals surface area contributed by atoms with Gasteiger partial charge < -0.3 is 10.1 Å². The van der Waals surface area contributed by atoms with Gasteiger partial charge in [0.2, 0.25) is 0 Å². The summed E-state index contributed by atoms with van der Waals surface area (Å²) in [5.74, 6) is -0.953. The molecular formula is C12H10ClNO2. The quantitative estimate of drug-likeness (QED) is 0.859. The first-order chi connectivity index (χ1) is 7.66. The fraction of sp³-hybridized carbons (Fsp3) is 0.0833. The second kappa shape index (κ2) is 4.41. The van der Waals surface area contributed by atoms with Gasteiger partial charge in [-0.25, -0.2) is 4.79 Å². The molecule has 0 aliphatic rings. The second-order valence-electron chi connectivity index (χ2n) is 3.49. The van der Waals surface area contributed by atoms with E-state index < -0.39 is 5.97 Å². The summed E-state index contributed by atoms with van der Waals surface area (Å²) >= 11 is 6.02. The lowest BCUT2D eigenvalue weighted by Crippen LogP contribution is -1.94. The SMILES string of the molecule is O=C(O)c1cc(Cc2ccccc2Cl)c[nH]1. The summed E-state index contributed by atoms with van der Waals surface area (Å²) < 4.78 is 0. The van der Waals surface area contributed by atoms with E-state index in [0.717, 1.165) is 11.1 Å². The molecule has 0 aliphatic carbocycles. The Kier molecular flexibility index (Phi) is 2.97. The van der Waals surface area contributed by atoms with Crippen LogP contribution in [0.15, 0.2) is 36.5 Å². The third kappa shape index (κ3) is 2.25. The molecule has 2 rings (SSSR count). The molecule has 1 heterocycles. The van der Waals surface area contributed by atoms with E-state index >= 15 is 0 Å². The normalized spacial score (nSPS) is 10.3. The Balaban J connectivity index is 2.21. The van der Waals surface area contributed by atoms with E-state index in [0.29, 0.717) is 11.4 Å². The average molecular weight is 236 g/mol. The summed E-state index contributed by atoms with van der Waals surface area (Å²) in [5, 5.41) is 9.46. The van der Waals surface area contributed by atoms with Crippen molar-refractivity contribution in [3.8, 4) is 0 Å². The van der Waals surface area contributed by atoms with E-state index in [-0.39, 0.29) is 5.69 Å². The van der Waals surface area contributed by atoms with E-state index in [1.807, 2.05) is 24.3 Å². The molecule has 2 aromatic rings. The Morgan fingerprint density at radius 1 is 1.38 bits per heavy atom. The molecule has 3 nitrogen and oxygen atoms in total. The van der Waals surface area contributed by atoms with Crippen LogP contribution in [0, 0.1) is 0 Å². The van der Waals surface area contributed by atoms with Gasteiger partial charge in [-0.3, -0.25) is 0 Å². The number of carboxylic acids is 1. The van der Waals surface area contributed by atoms with Gasteiger partial charge in [0.1, 0.15) is 5.69 Å². The van der Waals surface area contributed by atoms with Crippen molar-refractivity contribution in [3.63, 3.8) is 0 Å². The van der Waals surface area contributed by atoms with Crippen LogP contribution in [-0.2, 0) is 6.42 Å². The summed E-state index contributed by atoms with van der Waals surface area (Å²) in [5.41, 5.74) is 2.09. The van der Waals surface area contributed by atoms with E-state index in [9.17, 15) is 4.79 Å². The van der Waals surface area contributed by atoms with Gasteiger partial charge in [0.05, 0.1) is 0 Å². The zero-order valence-corrected chi connectivity index (χ0v) is 9.16. The largest absolute Gasteiger partial charge is 0.477 e. The van der Waals surface area contributed by atoms with Crippen molar-refractivity contribution in [1.29, 1.82) is 0 Å². The van der Waals surface area contributed by atoms with E-state index in [1.54, 1.807) is 12.3 Å². The number of nitrogens with one attached hydrogen (secondary N) is 1. The molecule has 1 aromatic heterocycles. The van der Waals surface area contributed by atoms with Crippen LogP contribution in [0.5, 0.6) is 0 Å². The van der Waals surface area contributed by atoms with Crippen LogP contribution in [-0.4, -0.2) is 16.1 Å². The number of carboxylic acid groups (broad SMARTS) is 1. The Labute approximate surface area is 97.7 Å². The number of rotatable bonds is 3. The number of aromatic amines is 1. The van der Waals surface area contributed by atoms with Crippen molar-refractivity contribution in [2.75, 3.05) is 0 Å². The van der Waals surface area contributed by atoms with Crippen molar-refractivity contribution in [2.24, 2.45) is 0 Å². The second-order valence-corrected chi connectivity index (χ2v) is 3.90. The Hall–Kier alpha value is -1.74. The smallest absolute Gasteiger partial charge is 0.352 e. The fourth-order valence-corrected chi connectivity index (χ4v) is 1.73. The molecule has 0 fully saturated rings. The molecule has 16 heavy (non-hydrogen) atoms. The first kappa shape index (κ1) is 10.8. The highest BCUT2D eigenvalue weighted by Gasteiger charge is 2.07. The highest BCUT2D eigenvalue weighted by Crippen LogP contribution is 2.19. The number of aromatic nitrogens is 1. The number of carbonyl (C=O) groups is 1. The number of halogens is 1. The van der Waals surface area contributed by atoms with Crippen LogP contribution in [0.4, 0.5) is 0 Å². The molecule has 0 unspecified atom stereocenters. The molecule has 0 saturated carbocycles. The minimum absolute atomic E-state index is 0.196. The molecule has 0 bridgehead atoms. The maximum Gasteiger partial charge on any atom is 0.352 e. The van der Waals surface area contributed by atoms with Gasteiger partial charge in [0.15, 0.2) is 0 Å². The lowest BCUT2D eigenvalue weighted by atomic mass is 10.1. The zero-order chi connectivity index (χ0) is 11.5. The average Bonchev–Trinajstić information content (AvgIpc) is 2.70. The van der Waals surface area contributed by atoms with Crippen molar-refractivity contribution in [3.05, 3.63) is 58.4 Å². The third-order valence-corrected chi connectivity index (χ3v) is 2.69. The molecule has 0 saturated heterocycles.